The quantitative estimate of drug-likeness (QED) is 0.775. The van der Waals surface area contributed by atoms with Crippen molar-refractivity contribution in [2.75, 3.05) is 6.61 Å². The average molecular weight is 217 g/mol. The molecule has 0 fully saturated rings. The number of benzene rings is 1. The second kappa shape index (κ2) is 4.57. The van der Waals surface area contributed by atoms with Gasteiger partial charge in [0.05, 0.1) is 11.5 Å². The molecule has 0 amide bonds. The van der Waals surface area contributed by atoms with Gasteiger partial charge in [-0.3, -0.25) is 0 Å². The monoisotopic (exact) mass is 217 g/mol. The zero-order valence-electron chi connectivity index (χ0n) is 10.7. The third kappa shape index (κ3) is 3.00. The zero-order chi connectivity index (χ0) is 12.3. The van der Waals surface area contributed by atoms with E-state index in [1.165, 1.54) is 16.7 Å². The summed E-state index contributed by atoms with van der Waals surface area (Å²) in [4.78, 5) is 0. The average Bonchev–Trinajstić information content (AvgIpc) is 2.23. The van der Waals surface area contributed by atoms with E-state index in [1.807, 2.05) is 26.0 Å². The lowest BCUT2D eigenvalue weighted by Crippen LogP contribution is -2.19. The summed E-state index contributed by atoms with van der Waals surface area (Å²) < 4.78 is 5.66. The Morgan fingerprint density at radius 3 is 2.12 bits per heavy atom. The van der Waals surface area contributed by atoms with Crippen LogP contribution < -0.4 is 4.74 Å². The van der Waals surface area contributed by atoms with Crippen LogP contribution in [0.15, 0.2) is 12.1 Å². The molecule has 0 atom stereocenters. The Balaban J connectivity index is 2.81. The standard InChI is InChI=1S/C14H19NO/c1-10-6-13(7-11(2)12(10)3)16-9-14(4,5)8-15/h6-7H,9H2,1-5H3. The number of nitrogens with zero attached hydrogens (tertiary/aromatic N) is 1. The highest BCUT2D eigenvalue weighted by atomic mass is 16.5. The van der Waals surface area contributed by atoms with Gasteiger partial charge in [-0.2, -0.15) is 5.26 Å². The molecule has 0 heterocycles. The normalized spacial score (nSPS) is 11.0. The van der Waals surface area contributed by atoms with Crippen molar-refractivity contribution in [3.05, 3.63) is 28.8 Å². The third-order valence-electron chi connectivity index (χ3n) is 2.80. The highest BCUT2D eigenvalue weighted by molar-refractivity contribution is 5.40. The molecular formula is C14H19NO. The van der Waals surface area contributed by atoms with E-state index in [2.05, 4.69) is 26.8 Å². The first kappa shape index (κ1) is 12.6. The Hall–Kier alpha value is -1.49. The largest absolute Gasteiger partial charge is 0.492 e. The summed E-state index contributed by atoms with van der Waals surface area (Å²) in [7, 11) is 0. The van der Waals surface area contributed by atoms with Crippen LogP contribution in [0.5, 0.6) is 5.75 Å². The fourth-order valence-corrected chi connectivity index (χ4v) is 1.38. The van der Waals surface area contributed by atoms with E-state index < -0.39 is 5.41 Å². The topological polar surface area (TPSA) is 33.0 Å². The zero-order valence-corrected chi connectivity index (χ0v) is 10.7. The summed E-state index contributed by atoms with van der Waals surface area (Å²) in [5, 5.41) is 8.90. The molecule has 0 unspecified atom stereocenters. The van der Waals surface area contributed by atoms with Crippen LogP contribution in [0, 0.1) is 37.5 Å². The van der Waals surface area contributed by atoms with Gasteiger partial charge in [0.15, 0.2) is 0 Å². The van der Waals surface area contributed by atoms with Gasteiger partial charge in [0.25, 0.3) is 0 Å². The fraction of sp³-hybridized carbons (Fsp3) is 0.500. The first-order valence-electron chi connectivity index (χ1n) is 5.47. The van der Waals surface area contributed by atoms with Crippen molar-refractivity contribution < 1.29 is 4.74 Å². The van der Waals surface area contributed by atoms with Crippen LogP contribution >= 0.6 is 0 Å². The van der Waals surface area contributed by atoms with E-state index in [0.29, 0.717) is 6.61 Å². The molecule has 16 heavy (non-hydrogen) atoms. The van der Waals surface area contributed by atoms with Crippen molar-refractivity contribution >= 4 is 0 Å². The molecule has 0 aliphatic rings. The molecule has 0 aromatic heterocycles. The lowest BCUT2D eigenvalue weighted by Gasteiger charge is -2.17. The Labute approximate surface area is 97.9 Å². The van der Waals surface area contributed by atoms with Gasteiger partial charge < -0.3 is 4.74 Å². The van der Waals surface area contributed by atoms with Crippen LogP contribution in [0.25, 0.3) is 0 Å². The summed E-state index contributed by atoms with van der Waals surface area (Å²) in [5.41, 5.74) is 3.31. The number of nitriles is 1. The van der Waals surface area contributed by atoms with Crippen LogP contribution in [0.3, 0.4) is 0 Å². The SMILES string of the molecule is Cc1cc(OCC(C)(C)C#N)cc(C)c1C. The predicted octanol–water partition coefficient (Wildman–Crippen LogP) is 3.54. The van der Waals surface area contributed by atoms with Gasteiger partial charge >= 0.3 is 0 Å². The molecule has 1 aromatic rings. The highest BCUT2D eigenvalue weighted by Gasteiger charge is 2.17. The maximum atomic E-state index is 8.90. The van der Waals surface area contributed by atoms with Crippen LogP contribution in [0.1, 0.15) is 30.5 Å². The molecule has 2 nitrogen and oxygen atoms in total. The van der Waals surface area contributed by atoms with Crippen molar-refractivity contribution in [3.63, 3.8) is 0 Å². The van der Waals surface area contributed by atoms with Crippen molar-refractivity contribution in [2.24, 2.45) is 5.41 Å². The molecule has 0 radical (unpaired) electrons. The smallest absolute Gasteiger partial charge is 0.119 e. The van der Waals surface area contributed by atoms with Gasteiger partial charge in [0.1, 0.15) is 12.4 Å². The Bertz CT molecular complexity index is 404. The molecule has 0 bridgehead atoms. The molecule has 0 saturated carbocycles. The first-order valence-corrected chi connectivity index (χ1v) is 5.47. The van der Waals surface area contributed by atoms with E-state index in [1.54, 1.807) is 0 Å². The summed E-state index contributed by atoms with van der Waals surface area (Å²) in [6, 6.07) is 6.27. The van der Waals surface area contributed by atoms with Crippen LogP contribution in [0.4, 0.5) is 0 Å². The molecule has 1 aromatic carbocycles. The lowest BCUT2D eigenvalue weighted by molar-refractivity contribution is 0.227. The van der Waals surface area contributed by atoms with E-state index in [4.69, 9.17) is 10.00 Å². The number of hydrogen-bond acceptors (Lipinski definition) is 2. The number of hydrogen-bond donors (Lipinski definition) is 0. The molecule has 2 heteroatoms. The van der Waals surface area contributed by atoms with E-state index in [9.17, 15) is 0 Å². The fourth-order valence-electron chi connectivity index (χ4n) is 1.38. The number of aryl methyl sites for hydroxylation is 2. The van der Waals surface area contributed by atoms with Crippen molar-refractivity contribution in [1.82, 2.24) is 0 Å². The van der Waals surface area contributed by atoms with Gasteiger partial charge in [0.2, 0.25) is 0 Å². The van der Waals surface area contributed by atoms with Crippen LogP contribution in [-0.4, -0.2) is 6.61 Å². The van der Waals surface area contributed by atoms with E-state index >= 15 is 0 Å². The van der Waals surface area contributed by atoms with Gasteiger partial charge in [0, 0.05) is 0 Å². The van der Waals surface area contributed by atoms with Crippen molar-refractivity contribution in [2.45, 2.75) is 34.6 Å². The van der Waals surface area contributed by atoms with Crippen molar-refractivity contribution in [3.8, 4) is 11.8 Å². The molecule has 1 rings (SSSR count). The summed E-state index contributed by atoms with van der Waals surface area (Å²) in [5.74, 6) is 0.851. The van der Waals surface area contributed by atoms with Crippen LogP contribution in [-0.2, 0) is 0 Å². The van der Waals surface area contributed by atoms with Gasteiger partial charge in [-0.25, -0.2) is 0 Å². The van der Waals surface area contributed by atoms with E-state index in [-0.39, 0.29) is 0 Å². The van der Waals surface area contributed by atoms with Gasteiger partial charge in [-0.15, -0.1) is 0 Å². The second-order valence-electron chi connectivity index (χ2n) is 4.97. The third-order valence-corrected chi connectivity index (χ3v) is 2.80. The van der Waals surface area contributed by atoms with E-state index in [0.717, 1.165) is 5.75 Å². The van der Waals surface area contributed by atoms with Gasteiger partial charge in [-0.1, -0.05) is 0 Å². The molecule has 86 valence electrons. The molecular weight excluding hydrogens is 198 g/mol. The molecule has 0 spiro atoms. The maximum absolute atomic E-state index is 8.90. The highest BCUT2D eigenvalue weighted by Crippen LogP contribution is 2.23. The molecule has 0 saturated heterocycles. The van der Waals surface area contributed by atoms with Gasteiger partial charge in [-0.05, 0) is 63.4 Å². The molecule has 0 aliphatic carbocycles. The molecule has 0 N–H and O–H groups in total. The minimum absolute atomic E-state index is 0.422. The summed E-state index contributed by atoms with van der Waals surface area (Å²) in [6.07, 6.45) is 0. The number of ether oxygens (including phenoxy) is 1. The number of rotatable bonds is 3. The van der Waals surface area contributed by atoms with Crippen LogP contribution in [0.2, 0.25) is 0 Å². The Morgan fingerprint density at radius 2 is 1.69 bits per heavy atom. The molecule has 0 aliphatic heterocycles. The predicted molar refractivity (Wildman–Crippen MR) is 65.5 cm³/mol. The Morgan fingerprint density at radius 1 is 1.19 bits per heavy atom. The van der Waals surface area contributed by atoms with Crippen molar-refractivity contribution in [1.29, 1.82) is 5.26 Å². The summed E-state index contributed by atoms with van der Waals surface area (Å²) >= 11 is 0. The minimum Gasteiger partial charge on any atom is -0.492 e. The lowest BCUT2D eigenvalue weighted by atomic mass is 9.97. The minimum atomic E-state index is -0.438. The maximum Gasteiger partial charge on any atom is 0.119 e. The first-order chi connectivity index (χ1) is 7.35. The Kier molecular flexibility index (Phi) is 3.59. The summed E-state index contributed by atoms with van der Waals surface area (Å²) in [6.45, 7) is 10.4. The second-order valence-corrected chi connectivity index (χ2v) is 4.97.